The zero-order chi connectivity index (χ0) is 21.1. The summed E-state index contributed by atoms with van der Waals surface area (Å²) < 4.78 is 13.4. The number of para-hydroxylation sites is 1. The normalized spacial score (nSPS) is 11.0. The Labute approximate surface area is 176 Å². The topological polar surface area (TPSA) is 60.5 Å². The van der Waals surface area contributed by atoms with Gasteiger partial charge in [0.2, 0.25) is 0 Å². The van der Waals surface area contributed by atoms with E-state index in [9.17, 15) is 4.79 Å². The molecule has 0 saturated carbocycles. The van der Waals surface area contributed by atoms with Gasteiger partial charge in [-0.3, -0.25) is 9.48 Å². The van der Waals surface area contributed by atoms with E-state index in [0.29, 0.717) is 23.1 Å². The largest absolute Gasteiger partial charge is 0.484 e. The average Bonchev–Trinajstić information content (AvgIpc) is 3.26. The highest BCUT2D eigenvalue weighted by molar-refractivity contribution is 6.32. The highest BCUT2D eigenvalue weighted by Crippen LogP contribution is 2.29. The molecule has 2 aromatic heterocycles. The second-order valence-corrected chi connectivity index (χ2v) is 7.47. The molecular formula is C22H26ClN3O3. The summed E-state index contributed by atoms with van der Waals surface area (Å²) in [7, 11) is 1.76. The van der Waals surface area contributed by atoms with Gasteiger partial charge in [0.05, 0.1) is 10.7 Å². The minimum atomic E-state index is -0.187. The maximum Gasteiger partial charge on any atom is 0.289 e. The first-order valence-corrected chi connectivity index (χ1v) is 9.94. The van der Waals surface area contributed by atoms with Crippen molar-refractivity contribution >= 4 is 17.5 Å². The van der Waals surface area contributed by atoms with Gasteiger partial charge in [0.25, 0.3) is 5.91 Å². The molecule has 3 rings (SSSR count). The fourth-order valence-electron chi connectivity index (χ4n) is 3.28. The van der Waals surface area contributed by atoms with Gasteiger partial charge in [-0.2, -0.15) is 5.10 Å². The number of furan rings is 1. The number of aryl methyl sites for hydroxylation is 3. The molecular weight excluding hydrogens is 390 g/mol. The van der Waals surface area contributed by atoms with E-state index < -0.39 is 0 Å². The molecule has 0 fully saturated rings. The van der Waals surface area contributed by atoms with E-state index in [1.54, 1.807) is 30.1 Å². The van der Waals surface area contributed by atoms with Crippen LogP contribution in [-0.2, 0) is 19.7 Å². The van der Waals surface area contributed by atoms with Crippen LogP contribution < -0.4 is 4.74 Å². The monoisotopic (exact) mass is 415 g/mol. The molecule has 0 radical (unpaired) electrons. The Hall–Kier alpha value is -2.73. The predicted molar refractivity (Wildman–Crippen MR) is 112 cm³/mol. The van der Waals surface area contributed by atoms with Gasteiger partial charge in [-0.05, 0) is 51.5 Å². The molecule has 154 valence electrons. The van der Waals surface area contributed by atoms with Crippen LogP contribution in [0.1, 0.15) is 45.8 Å². The van der Waals surface area contributed by atoms with Crippen molar-refractivity contribution in [2.75, 3.05) is 7.05 Å². The molecule has 6 nitrogen and oxygen atoms in total. The second kappa shape index (κ2) is 8.74. The third-order valence-corrected chi connectivity index (χ3v) is 5.27. The number of halogens is 1. The lowest BCUT2D eigenvalue weighted by atomic mass is 10.2. The van der Waals surface area contributed by atoms with Gasteiger partial charge in [-0.15, -0.1) is 0 Å². The molecule has 2 heterocycles. The molecule has 0 aliphatic heterocycles. The van der Waals surface area contributed by atoms with Gasteiger partial charge in [0.1, 0.15) is 18.1 Å². The number of carbonyl (C=O) groups is 1. The summed E-state index contributed by atoms with van der Waals surface area (Å²) in [6.07, 6.45) is 0. The van der Waals surface area contributed by atoms with Gasteiger partial charge in [-0.1, -0.05) is 23.7 Å². The Balaban J connectivity index is 1.66. The lowest BCUT2D eigenvalue weighted by Crippen LogP contribution is -2.26. The first-order valence-electron chi connectivity index (χ1n) is 9.56. The summed E-state index contributed by atoms with van der Waals surface area (Å²) in [5.41, 5.74) is 4.02. The van der Waals surface area contributed by atoms with E-state index in [-0.39, 0.29) is 18.3 Å². The predicted octanol–water partition coefficient (Wildman–Crippen LogP) is 4.93. The van der Waals surface area contributed by atoms with Gasteiger partial charge in [-0.25, -0.2) is 0 Å². The van der Waals surface area contributed by atoms with Gasteiger partial charge < -0.3 is 14.1 Å². The summed E-state index contributed by atoms with van der Waals surface area (Å²) in [5.74, 6) is 1.27. The highest BCUT2D eigenvalue weighted by Gasteiger charge is 2.20. The van der Waals surface area contributed by atoms with E-state index >= 15 is 0 Å². The molecule has 3 aromatic rings. The summed E-state index contributed by atoms with van der Waals surface area (Å²) in [4.78, 5) is 14.4. The van der Waals surface area contributed by atoms with Crippen LogP contribution in [0.15, 0.2) is 34.7 Å². The molecule has 1 aromatic carbocycles. The van der Waals surface area contributed by atoms with Crippen LogP contribution in [-0.4, -0.2) is 27.6 Å². The number of carbonyl (C=O) groups excluding carboxylic acids is 1. The summed E-state index contributed by atoms with van der Waals surface area (Å²) in [5, 5.41) is 5.06. The van der Waals surface area contributed by atoms with Crippen LogP contribution in [0.25, 0.3) is 0 Å². The number of benzene rings is 1. The fraction of sp³-hybridized carbons (Fsp3) is 0.364. The zero-order valence-electron chi connectivity index (χ0n) is 17.5. The minimum absolute atomic E-state index is 0.187. The molecule has 0 saturated heterocycles. The quantitative estimate of drug-likeness (QED) is 0.549. The maximum atomic E-state index is 12.8. The molecule has 0 N–H and O–H groups in total. The zero-order valence-corrected chi connectivity index (χ0v) is 18.2. The molecule has 1 amide bonds. The summed E-state index contributed by atoms with van der Waals surface area (Å²) in [6, 6.07) is 9.00. The number of hydrogen-bond donors (Lipinski definition) is 0. The van der Waals surface area contributed by atoms with E-state index in [1.165, 1.54) is 0 Å². The first kappa shape index (κ1) is 21.0. The molecule has 0 bridgehead atoms. The molecule has 0 aliphatic rings. The summed E-state index contributed by atoms with van der Waals surface area (Å²) in [6.45, 7) is 9.44. The Morgan fingerprint density at radius 1 is 1.24 bits per heavy atom. The van der Waals surface area contributed by atoms with E-state index in [0.717, 1.165) is 29.1 Å². The Bertz CT molecular complexity index is 1000. The number of nitrogens with zero attached hydrogens (tertiary/aromatic N) is 3. The SMILES string of the molecule is CCn1nc(C)c(CN(C)C(=O)c2ccc(COc3c(C)cccc3Cl)o2)c1C. The van der Waals surface area contributed by atoms with Crippen molar-refractivity contribution in [2.24, 2.45) is 0 Å². The first-order chi connectivity index (χ1) is 13.8. The number of aromatic nitrogens is 2. The molecule has 0 atom stereocenters. The maximum absolute atomic E-state index is 12.8. The Morgan fingerprint density at radius 3 is 2.66 bits per heavy atom. The number of amides is 1. The third kappa shape index (κ3) is 4.48. The molecule has 0 unspecified atom stereocenters. The lowest BCUT2D eigenvalue weighted by molar-refractivity contribution is 0.0749. The standard InChI is InChI=1S/C22H26ClN3O3/c1-6-26-16(4)18(15(3)24-26)12-25(5)22(27)20-11-10-17(29-20)13-28-21-14(2)8-7-9-19(21)23/h7-11H,6,12-13H2,1-5H3. The van der Waals surface area contributed by atoms with E-state index in [2.05, 4.69) is 12.0 Å². The minimum Gasteiger partial charge on any atom is -0.484 e. The fourth-order valence-corrected chi connectivity index (χ4v) is 3.56. The third-order valence-electron chi connectivity index (χ3n) is 4.97. The van der Waals surface area contributed by atoms with Crippen molar-refractivity contribution in [1.82, 2.24) is 14.7 Å². The lowest BCUT2D eigenvalue weighted by Gasteiger charge is -2.16. The number of rotatable bonds is 7. The van der Waals surface area contributed by atoms with E-state index in [4.69, 9.17) is 20.8 Å². The van der Waals surface area contributed by atoms with Crippen molar-refractivity contribution < 1.29 is 13.9 Å². The number of ether oxygens (including phenoxy) is 1. The molecule has 7 heteroatoms. The van der Waals surface area contributed by atoms with Crippen LogP contribution in [0.3, 0.4) is 0 Å². The van der Waals surface area contributed by atoms with Crippen LogP contribution in [0, 0.1) is 20.8 Å². The second-order valence-electron chi connectivity index (χ2n) is 7.07. The van der Waals surface area contributed by atoms with Gasteiger partial charge in [0, 0.05) is 31.4 Å². The van der Waals surface area contributed by atoms with E-state index in [1.807, 2.05) is 37.6 Å². The van der Waals surface area contributed by atoms with Crippen molar-refractivity contribution in [1.29, 1.82) is 0 Å². The van der Waals surface area contributed by atoms with Crippen molar-refractivity contribution in [3.05, 3.63) is 69.4 Å². The van der Waals surface area contributed by atoms with Crippen molar-refractivity contribution in [3.8, 4) is 5.75 Å². The van der Waals surface area contributed by atoms with Crippen LogP contribution in [0.5, 0.6) is 5.75 Å². The van der Waals surface area contributed by atoms with Crippen LogP contribution in [0.2, 0.25) is 5.02 Å². The van der Waals surface area contributed by atoms with Gasteiger partial charge in [0.15, 0.2) is 5.76 Å². The Kier molecular flexibility index (Phi) is 6.33. The van der Waals surface area contributed by atoms with Crippen molar-refractivity contribution in [3.63, 3.8) is 0 Å². The summed E-state index contributed by atoms with van der Waals surface area (Å²) >= 11 is 6.18. The smallest absolute Gasteiger partial charge is 0.289 e. The molecule has 0 spiro atoms. The van der Waals surface area contributed by atoms with Crippen molar-refractivity contribution in [2.45, 2.75) is 47.4 Å². The molecule has 0 aliphatic carbocycles. The van der Waals surface area contributed by atoms with Crippen LogP contribution >= 0.6 is 11.6 Å². The average molecular weight is 416 g/mol. The molecule has 29 heavy (non-hydrogen) atoms. The van der Waals surface area contributed by atoms with Crippen LogP contribution in [0.4, 0.5) is 0 Å². The highest BCUT2D eigenvalue weighted by atomic mass is 35.5. The van der Waals surface area contributed by atoms with Gasteiger partial charge >= 0.3 is 0 Å². The Morgan fingerprint density at radius 2 is 2.00 bits per heavy atom. The number of hydrogen-bond acceptors (Lipinski definition) is 4.